The molecule has 5 nitrogen and oxygen atoms in total. The number of rotatable bonds is 10. The summed E-state index contributed by atoms with van der Waals surface area (Å²) in [5.41, 5.74) is 2.57. The summed E-state index contributed by atoms with van der Waals surface area (Å²) in [5, 5.41) is 0. The molecular weight excluding hydrogens is 460 g/mol. The molecule has 196 valence electrons. The van der Waals surface area contributed by atoms with Gasteiger partial charge in [0.05, 0.1) is 12.1 Å². The van der Waals surface area contributed by atoms with Crippen LogP contribution in [0.2, 0.25) is 0 Å². The van der Waals surface area contributed by atoms with Crippen LogP contribution in [0.5, 0.6) is 0 Å². The molecule has 0 aromatic heterocycles. The van der Waals surface area contributed by atoms with Crippen molar-refractivity contribution in [3.8, 4) is 0 Å². The average molecular weight is 501 g/mol. The smallest absolute Gasteiger partial charge is 0.412 e. The van der Waals surface area contributed by atoms with Gasteiger partial charge in [0.2, 0.25) is 0 Å². The van der Waals surface area contributed by atoms with Crippen molar-refractivity contribution in [3.05, 3.63) is 108 Å². The topological polar surface area (TPSA) is 42.0 Å². The van der Waals surface area contributed by atoms with E-state index in [1.165, 1.54) is 11.1 Å². The Morgan fingerprint density at radius 1 is 0.838 bits per heavy atom. The fraction of sp³-hybridized carbons (Fsp3) is 0.406. The van der Waals surface area contributed by atoms with Crippen molar-refractivity contribution in [2.24, 2.45) is 0 Å². The zero-order valence-corrected chi connectivity index (χ0v) is 22.6. The van der Waals surface area contributed by atoms with Gasteiger partial charge in [0.25, 0.3) is 0 Å². The normalized spacial score (nSPS) is 17.1. The first-order chi connectivity index (χ1) is 17.7. The number of amides is 1. The molecule has 0 unspecified atom stereocenters. The van der Waals surface area contributed by atoms with Gasteiger partial charge in [-0.15, -0.1) is 0 Å². The van der Waals surface area contributed by atoms with E-state index in [9.17, 15) is 4.79 Å². The first kappa shape index (κ1) is 26.9. The van der Waals surface area contributed by atoms with Crippen molar-refractivity contribution in [3.63, 3.8) is 0 Å². The maximum absolute atomic E-state index is 13.5. The third-order valence-electron chi connectivity index (χ3n) is 6.94. The van der Waals surface area contributed by atoms with Crippen LogP contribution in [0.1, 0.15) is 50.8 Å². The van der Waals surface area contributed by atoms with Crippen LogP contribution in [0.3, 0.4) is 0 Å². The van der Waals surface area contributed by atoms with E-state index < -0.39 is 11.3 Å². The molecule has 3 aromatic rings. The quantitative estimate of drug-likeness (QED) is 0.312. The van der Waals surface area contributed by atoms with Crippen LogP contribution in [0, 0.1) is 0 Å². The highest BCUT2D eigenvalue weighted by Gasteiger charge is 2.50. The monoisotopic (exact) mass is 500 g/mol. The summed E-state index contributed by atoms with van der Waals surface area (Å²) in [6.45, 7) is 10.9. The molecule has 1 fully saturated rings. The van der Waals surface area contributed by atoms with E-state index in [1.54, 1.807) is 4.90 Å². The predicted octanol–water partition coefficient (Wildman–Crippen LogP) is 6.67. The Hall–Kier alpha value is -3.15. The molecule has 37 heavy (non-hydrogen) atoms. The third-order valence-corrected chi connectivity index (χ3v) is 6.94. The number of carbonyl (C=O) groups excluding carboxylic acids is 1. The maximum Gasteiger partial charge on any atom is 0.412 e. The van der Waals surface area contributed by atoms with Crippen molar-refractivity contribution >= 4 is 6.09 Å². The molecule has 1 amide bonds. The molecule has 0 saturated carbocycles. The molecule has 0 radical (unpaired) electrons. The van der Waals surface area contributed by atoms with Gasteiger partial charge in [-0.05, 0) is 50.8 Å². The van der Waals surface area contributed by atoms with Crippen LogP contribution in [0.25, 0.3) is 0 Å². The third kappa shape index (κ3) is 7.43. The minimum atomic E-state index is -0.704. The molecule has 0 bridgehead atoms. The summed E-state index contributed by atoms with van der Waals surface area (Å²) in [7, 11) is 0. The number of benzene rings is 3. The summed E-state index contributed by atoms with van der Waals surface area (Å²) >= 11 is 0. The van der Waals surface area contributed by atoms with E-state index in [1.807, 2.05) is 58.0 Å². The summed E-state index contributed by atoms with van der Waals surface area (Å²) < 4.78 is 12.2. The van der Waals surface area contributed by atoms with Crippen LogP contribution >= 0.6 is 0 Å². The van der Waals surface area contributed by atoms with Crippen molar-refractivity contribution in [1.82, 2.24) is 9.80 Å². The lowest BCUT2D eigenvalue weighted by Crippen LogP contribution is -2.53. The molecule has 0 aliphatic carbocycles. The van der Waals surface area contributed by atoms with Gasteiger partial charge in [0, 0.05) is 26.1 Å². The molecule has 1 saturated heterocycles. The largest absolute Gasteiger partial charge is 0.446 e. The molecule has 4 rings (SSSR count). The Balaban J connectivity index is 1.50. The van der Waals surface area contributed by atoms with E-state index in [-0.39, 0.29) is 12.2 Å². The Kier molecular flexibility index (Phi) is 8.67. The number of nitrogens with zero attached hydrogens (tertiary/aromatic N) is 2. The summed E-state index contributed by atoms with van der Waals surface area (Å²) in [6, 6.07) is 31.3. The average Bonchev–Trinajstić information content (AvgIpc) is 3.11. The van der Waals surface area contributed by atoms with Gasteiger partial charge < -0.3 is 9.47 Å². The summed E-state index contributed by atoms with van der Waals surface area (Å²) in [4.78, 5) is 17.7. The first-order valence-electron chi connectivity index (χ1n) is 13.2. The second kappa shape index (κ2) is 11.9. The molecule has 5 heteroatoms. The Morgan fingerprint density at radius 2 is 1.32 bits per heavy atom. The van der Waals surface area contributed by atoms with Crippen LogP contribution in [-0.4, -0.2) is 46.4 Å². The lowest BCUT2D eigenvalue weighted by molar-refractivity contribution is -0.0594. The minimum absolute atomic E-state index is 0.254. The number of hydrogen-bond donors (Lipinski definition) is 0. The first-order valence-corrected chi connectivity index (χ1v) is 13.2. The predicted molar refractivity (Wildman–Crippen MR) is 148 cm³/mol. The van der Waals surface area contributed by atoms with Crippen molar-refractivity contribution < 1.29 is 14.3 Å². The Labute approximate surface area is 222 Å². The van der Waals surface area contributed by atoms with Gasteiger partial charge >= 0.3 is 6.09 Å². The molecule has 1 heterocycles. The zero-order valence-electron chi connectivity index (χ0n) is 22.6. The lowest BCUT2D eigenvalue weighted by atomic mass is 10.0. The molecule has 0 spiro atoms. The number of hydrogen-bond acceptors (Lipinski definition) is 4. The van der Waals surface area contributed by atoms with E-state index in [0.29, 0.717) is 13.0 Å². The van der Waals surface area contributed by atoms with E-state index in [0.717, 1.165) is 31.6 Å². The Morgan fingerprint density at radius 3 is 1.78 bits per heavy atom. The van der Waals surface area contributed by atoms with Gasteiger partial charge in [-0.1, -0.05) is 91.0 Å². The van der Waals surface area contributed by atoms with Crippen molar-refractivity contribution in [2.45, 2.75) is 71.0 Å². The standard InChI is InChI=1S/C32H40N2O3/c1-31(2)25-36-32(3,4)34(31)30(35)37-29(22-26-14-8-5-9-15-26)20-21-33(23-27-16-10-6-11-17-27)24-28-18-12-7-13-19-28/h5-19,29H,20-25H2,1-4H3/t29-/m0/s1. The molecular formula is C32H40N2O3. The van der Waals surface area contributed by atoms with E-state index >= 15 is 0 Å². The SMILES string of the molecule is CC1(C)COC(C)(C)N1C(=O)O[C@@H](CCN(Cc1ccccc1)Cc1ccccc1)Cc1ccccc1. The van der Waals surface area contributed by atoms with Gasteiger partial charge in [0.15, 0.2) is 0 Å². The molecule has 3 aromatic carbocycles. The second-order valence-electron chi connectivity index (χ2n) is 11.0. The molecule has 1 aliphatic heterocycles. The summed E-state index contributed by atoms with van der Waals surface area (Å²) in [6.07, 6.45) is 0.838. The van der Waals surface area contributed by atoms with E-state index in [4.69, 9.17) is 9.47 Å². The van der Waals surface area contributed by atoms with Crippen LogP contribution in [0.15, 0.2) is 91.0 Å². The van der Waals surface area contributed by atoms with Crippen LogP contribution < -0.4 is 0 Å². The Bertz CT molecular complexity index is 1060. The molecule has 1 atom stereocenters. The highest BCUT2D eigenvalue weighted by molar-refractivity contribution is 5.70. The molecule has 0 N–H and O–H groups in total. The summed E-state index contributed by atoms with van der Waals surface area (Å²) in [5.74, 6) is 0. The van der Waals surface area contributed by atoms with Gasteiger partial charge in [0.1, 0.15) is 11.8 Å². The van der Waals surface area contributed by atoms with Crippen molar-refractivity contribution in [2.75, 3.05) is 13.2 Å². The highest BCUT2D eigenvalue weighted by Crippen LogP contribution is 2.35. The molecule has 1 aliphatic rings. The lowest BCUT2D eigenvalue weighted by Gasteiger charge is -2.38. The fourth-order valence-electron chi connectivity index (χ4n) is 5.18. The van der Waals surface area contributed by atoms with Gasteiger partial charge in [-0.3, -0.25) is 9.80 Å². The van der Waals surface area contributed by atoms with Crippen molar-refractivity contribution in [1.29, 1.82) is 0 Å². The fourth-order valence-corrected chi connectivity index (χ4v) is 5.18. The number of carbonyl (C=O) groups is 1. The van der Waals surface area contributed by atoms with Crippen LogP contribution in [-0.2, 0) is 29.0 Å². The van der Waals surface area contributed by atoms with Crippen LogP contribution in [0.4, 0.5) is 4.79 Å². The highest BCUT2D eigenvalue weighted by atomic mass is 16.6. The van der Waals surface area contributed by atoms with Gasteiger partial charge in [-0.25, -0.2) is 4.79 Å². The number of ether oxygens (including phenoxy) is 2. The van der Waals surface area contributed by atoms with Gasteiger partial charge in [-0.2, -0.15) is 0 Å². The van der Waals surface area contributed by atoms with E-state index in [2.05, 4.69) is 65.6 Å². The zero-order chi connectivity index (χ0) is 26.3. The maximum atomic E-state index is 13.5. The second-order valence-corrected chi connectivity index (χ2v) is 11.0. The minimum Gasteiger partial charge on any atom is -0.446 e.